The van der Waals surface area contributed by atoms with E-state index in [2.05, 4.69) is 20.3 Å². The molecule has 3 aromatic rings. The zero-order valence-electron chi connectivity index (χ0n) is 18.4. The van der Waals surface area contributed by atoms with Gasteiger partial charge in [-0.1, -0.05) is 12.1 Å². The lowest BCUT2D eigenvalue weighted by molar-refractivity contribution is 0.0696. The molecule has 1 aromatic carbocycles. The average molecular weight is 463 g/mol. The van der Waals surface area contributed by atoms with Crippen molar-refractivity contribution in [1.82, 2.24) is 20.3 Å². The van der Waals surface area contributed by atoms with E-state index in [9.17, 15) is 14.0 Å². The fourth-order valence-electron chi connectivity index (χ4n) is 4.00. The van der Waals surface area contributed by atoms with Gasteiger partial charge in [0, 0.05) is 6.20 Å². The number of carboxylic acid groups (broad SMARTS) is 1. The Balaban J connectivity index is 1.29. The molecule has 2 aromatic heterocycles. The van der Waals surface area contributed by atoms with E-state index in [4.69, 9.17) is 9.84 Å². The number of hydrogen-bond acceptors (Lipinski definition) is 7. The minimum absolute atomic E-state index is 0.102. The molecule has 2 aliphatic rings. The number of hydrogen-bond donors (Lipinski definition) is 2. The van der Waals surface area contributed by atoms with Crippen molar-refractivity contribution in [2.24, 2.45) is 0 Å². The summed E-state index contributed by atoms with van der Waals surface area (Å²) in [5, 5.41) is 12.3. The summed E-state index contributed by atoms with van der Waals surface area (Å²) >= 11 is 0. The summed E-state index contributed by atoms with van der Waals surface area (Å²) in [6.45, 7) is 2.84. The summed E-state index contributed by atoms with van der Waals surface area (Å²) < 4.78 is 18.6. The molecule has 0 atom stereocenters. The number of anilines is 1. The van der Waals surface area contributed by atoms with Crippen LogP contribution >= 0.6 is 0 Å². The smallest absolute Gasteiger partial charge is 0.335 e. The average Bonchev–Trinajstić information content (AvgIpc) is 3.58. The SMILES string of the molecule is Cc1cnc(N2CC(Oc3ncc(F)cn3)C2)c(C(=O)NC2(c3ccc(C(=O)O)cc3)CC2)c1. The van der Waals surface area contributed by atoms with Gasteiger partial charge in [-0.05, 0) is 49.1 Å². The summed E-state index contributed by atoms with van der Waals surface area (Å²) in [7, 11) is 0. The lowest BCUT2D eigenvalue weighted by Gasteiger charge is -2.40. The molecule has 5 rings (SSSR count). The van der Waals surface area contributed by atoms with Crippen molar-refractivity contribution in [2.75, 3.05) is 18.0 Å². The fourth-order valence-corrected chi connectivity index (χ4v) is 4.00. The van der Waals surface area contributed by atoms with Gasteiger partial charge in [0.1, 0.15) is 11.9 Å². The number of aromatic carboxylic acids is 1. The number of pyridine rings is 1. The number of halogens is 1. The maximum atomic E-state index is 13.3. The van der Waals surface area contributed by atoms with E-state index in [-0.39, 0.29) is 23.6 Å². The molecule has 1 aliphatic heterocycles. The van der Waals surface area contributed by atoms with Crippen LogP contribution in [-0.2, 0) is 5.54 Å². The van der Waals surface area contributed by atoms with E-state index in [1.165, 1.54) is 0 Å². The number of aryl methyl sites for hydroxylation is 1. The van der Waals surface area contributed by atoms with Crippen molar-refractivity contribution in [3.05, 3.63) is 77.0 Å². The third-order valence-corrected chi connectivity index (χ3v) is 6.05. The number of rotatable bonds is 7. The van der Waals surface area contributed by atoms with Gasteiger partial charge in [0.2, 0.25) is 0 Å². The standard InChI is InChI=1S/C24H22FN5O4/c1-14-8-19(21(31)29-24(6-7-24)16-4-2-15(3-5-16)22(32)33)20(26-9-14)30-12-18(13-30)34-23-27-10-17(25)11-28-23/h2-5,8-11,18H,6-7,12-13H2,1H3,(H,29,31)(H,32,33). The van der Waals surface area contributed by atoms with Crippen LogP contribution < -0.4 is 15.0 Å². The lowest BCUT2D eigenvalue weighted by atomic mass is 10.0. The minimum Gasteiger partial charge on any atom is -0.478 e. The Morgan fingerprint density at radius 2 is 1.79 bits per heavy atom. The maximum absolute atomic E-state index is 13.3. The number of ether oxygens (including phenoxy) is 1. The molecular weight excluding hydrogens is 441 g/mol. The first-order valence-electron chi connectivity index (χ1n) is 10.9. The molecule has 0 spiro atoms. The Bertz CT molecular complexity index is 1240. The van der Waals surface area contributed by atoms with Crippen LogP contribution in [0, 0.1) is 12.7 Å². The van der Waals surface area contributed by atoms with Crippen LogP contribution in [0.4, 0.5) is 10.2 Å². The second-order valence-corrected chi connectivity index (χ2v) is 8.63. The molecule has 2 N–H and O–H groups in total. The van der Waals surface area contributed by atoms with Gasteiger partial charge in [0.15, 0.2) is 5.82 Å². The Morgan fingerprint density at radius 3 is 2.41 bits per heavy atom. The van der Waals surface area contributed by atoms with Crippen molar-refractivity contribution < 1.29 is 23.8 Å². The molecule has 1 aliphatic carbocycles. The first kappa shape index (κ1) is 21.7. The van der Waals surface area contributed by atoms with Crippen molar-refractivity contribution in [1.29, 1.82) is 0 Å². The summed E-state index contributed by atoms with van der Waals surface area (Å²) in [5.41, 5.74) is 1.90. The van der Waals surface area contributed by atoms with Crippen molar-refractivity contribution in [3.63, 3.8) is 0 Å². The predicted molar refractivity (Wildman–Crippen MR) is 119 cm³/mol. The van der Waals surface area contributed by atoms with Crippen LogP contribution in [0.3, 0.4) is 0 Å². The van der Waals surface area contributed by atoms with Gasteiger partial charge in [-0.3, -0.25) is 4.79 Å². The van der Waals surface area contributed by atoms with E-state index in [1.54, 1.807) is 36.5 Å². The third kappa shape index (κ3) is 4.26. The van der Waals surface area contributed by atoms with Crippen LogP contribution in [0.15, 0.2) is 48.9 Å². The van der Waals surface area contributed by atoms with Crippen LogP contribution in [0.2, 0.25) is 0 Å². The summed E-state index contributed by atoms with van der Waals surface area (Å²) in [6.07, 6.45) is 5.15. The minimum atomic E-state index is -0.987. The number of carbonyl (C=O) groups is 2. The molecule has 9 nitrogen and oxygen atoms in total. The number of nitrogens with one attached hydrogen (secondary N) is 1. The van der Waals surface area contributed by atoms with Crippen LogP contribution in [0.1, 0.15) is 44.7 Å². The van der Waals surface area contributed by atoms with Gasteiger partial charge in [0.25, 0.3) is 5.91 Å². The molecule has 10 heteroatoms. The molecule has 0 radical (unpaired) electrons. The zero-order chi connectivity index (χ0) is 23.9. The molecule has 0 bridgehead atoms. The topological polar surface area (TPSA) is 118 Å². The van der Waals surface area contributed by atoms with Crippen molar-refractivity contribution >= 4 is 17.7 Å². The van der Waals surface area contributed by atoms with E-state index in [1.807, 2.05) is 11.8 Å². The number of benzene rings is 1. The molecule has 3 heterocycles. The summed E-state index contributed by atoms with van der Waals surface area (Å²) in [5.74, 6) is -1.20. The second-order valence-electron chi connectivity index (χ2n) is 8.63. The van der Waals surface area contributed by atoms with E-state index in [0.29, 0.717) is 24.5 Å². The molecule has 0 unspecified atom stereocenters. The first-order valence-corrected chi connectivity index (χ1v) is 10.9. The summed E-state index contributed by atoms with van der Waals surface area (Å²) in [6, 6.07) is 8.51. The van der Waals surface area contributed by atoms with Crippen LogP contribution in [0.5, 0.6) is 6.01 Å². The molecule has 1 saturated carbocycles. The van der Waals surface area contributed by atoms with Crippen LogP contribution in [-0.4, -0.2) is 51.1 Å². The molecule has 1 amide bonds. The van der Waals surface area contributed by atoms with E-state index >= 15 is 0 Å². The Morgan fingerprint density at radius 1 is 1.12 bits per heavy atom. The highest BCUT2D eigenvalue weighted by molar-refractivity contribution is 6.00. The number of amides is 1. The predicted octanol–water partition coefficient (Wildman–Crippen LogP) is 2.70. The quantitative estimate of drug-likeness (QED) is 0.549. The van der Waals surface area contributed by atoms with Gasteiger partial charge < -0.3 is 20.1 Å². The zero-order valence-corrected chi connectivity index (χ0v) is 18.4. The maximum Gasteiger partial charge on any atom is 0.335 e. The van der Waals surface area contributed by atoms with E-state index < -0.39 is 17.3 Å². The Labute approximate surface area is 194 Å². The monoisotopic (exact) mass is 463 g/mol. The number of nitrogens with zero attached hydrogens (tertiary/aromatic N) is 4. The van der Waals surface area contributed by atoms with Gasteiger partial charge in [-0.2, -0.15) is 0 Å². The Hall–Kier alpha value is -4.08. The van der Waals surface area contributed by atoms with Gasteiger partial charge in [-0.15, -0.1) is 0 Å². The fraction of sp³-hybridized carbons (Fsp3) is 0.292. The van der Waals surface area contributed by atoms with Gasteiger partial charge in [-0.25, -0.2) is 24.1 Å². The van der Waals surface area contributed by atoms with Crippen molar-refractivity contribution in [3.8, 4) is 6.01 Å². The second kappa shape index (κ2) is 8.36. The summed E-state index contributed by atoms with van der Waals surface area (Å²) in [4.78, 5) is 38.5. The largest absolute Gasteiger partial charge is 0.478 e. The number of carbonyl (C=O) groups excluding carboxylic acids is 1. The molecule has 174 valence electrons. The van der Waals surface area contributed by atoms with Crippen LogP contribution in [0.25, 0.3) is 0 Å². The lowest BCUT2D eigenvalue weighted by Crippen LogP contribution is -2.55. The highest BCUT2D eigenvalue weighted by Gasteiger charge is 2.46. The highest BCUT2D eigenvalue weighted by Crippen LogP contribution is 2.46. The Kier molecular flexibility index (Phi) is 5.35. The third-order valence-electron chi connectivity index (χ3n) is 6.05. The molecule has 1 saturated heterocycles. The molecule has 2 fully saturated rings. The number of carboxylic acids is 1. The number of aromatic nitrogens is 3. The van der Waals surface area contributed by atoms with E-state index in [0.717, 1.165) is 36.4 Å². The molecular formula is C24H22FN5O4. The van der Waals surface area contributed by atoms with Gasteiger partial charge in [0.05, 0.1) is 42.1 Å². The normalized spacial score (nSPS) is 16.5. The molecule has 34 heavy (non-hydrogen) atoms. The highest BCUT2D eigenvalue weighted by atomic mass is 19.1. The van der Waals surface area contributed by atoms with Gasteiger partial charge >= 0.3 is 12.0 Å². The first-order chi connectivity index (χ1) is 16.3. The van der Waals surface area contributed by atoms with Crippen molar-refractivity contribution in [2.45, 2.75) is 31.4 Å².